The highest BCUT2D eigenvalue weighted by molar-refractivity contribution is 9.10. The molecule has 0 spiro atoms. The normalized spacial score (nSPS) is 15.1. The summed E-state index contributed by atoms with van der Waals surface area (Å²) in [5.41, 5.74) is 2.84. The number of fused-ring (bicyclic) bond motifs is 1. The van der Waals surface area contributed by atoms with Gasteiger partial charge in [0.1, 0.15) is 0 Å². The van der Waals surface area contributed by atoms with Crippen molar-refractivity contribution in [3.05, 3.63) is 37.1 Å². The number of aromatic nitrogens is 1. The molecule has 0 aliphatic carbocycles. The van der Waals surface area contributed by atoms with Crippen LogP contribution in [0.3, 0.4) is 0 Å². The molecule has 1 aliphatic rings. The number of allylic oxidation sites excluding steroid dienone is 1. The maximum Gasteiger partial charge on any atom is 0.229 e. The Morgan fingerprint density at radius 3 is 2.95 bits per heavy atom. The van der Waals surface area contributed by atoms with E-state index in [4.69, 9.17) is 18.1 Å². The summed E-state index contributed by atoms with van der Waals surface area (Å²) in [4.78, 5) is 4.95. The third-order valence-corrected chi connectivity index (χ3v) is 4.57. The molecule has 2 aromatic rings. The zero-order valence-electron chi connectivity index (χ0n) is 9.50. The van der Waals surface area contributed by atoms with Crippen LogP contribution in [0.25, 0.3) is 11.6 Å². The van der Waals surface area contributed by atoms with Crippen molar-refractivity contribution in [1.29, 1.82) is 0 Å². The lowest BCUT2D eigenvalue weighted by Gasteiger charge is -2.00. The molecule has 19 heavy (non-hydrogen) atoms. The highest BCUT2D eigenvalue weighted by Gasteiger charge is 2.15. The van der Waals surface area contributed by atoms with Crippen molar-refractivity contribution in [1.82, 2.24) is 4.68 Å². The number of hydrogen-bond acceptors (Lipinski definition) is 5. The lowest BCUT2D eigenvalue weighted by atomic mass is 10.1. The Labute approximate surface area is 126 Å². The van der Waals surface area contributed by atoms with E-state index >= 15 is 0 Å². The van der Waals surface area contributed by atoms with Gasteiger partial charge in [0.2, 0.25) is 5.88 Å². The molecule has 7 heteroatoms. The van der Waals surface area contributed by atoms with Gasteiger partial charge in [-0.25, -0.2) is 4.68 Å². The average molecular weight is 354 g/mol. The molecular weight excluding hydrogens is 346 g/mol. The zero-order chi connectivity index (χ0) is 13.6. The zero-order valence-corrected chi connectivity index (χ0v) is 12.7. The third-order valence-electron chi connectivity index (χ3n) is 2.74. The lowest BCUT2D eigenvalue weighted by molar-refractivity contribution is 0.436. The Morgan fingerprint density at radius 1 is 1.47 bits per heavy atom. The number of nitrogen functional groups attached to an aromatic ring is 1. The number of aliphatic imine (C=N–C) groups is 1. The molecule has 0 fully saturated rings. The van der Waals surface area contributed by atoms with Crippen LogP contribution in [-0.2, 0) is 0 Å². The molecule has 1 aromatic heterocycles. The van der Waals surface area contributed by atoms with E-state index in [1.165, 1.54) is 11.3 Å². The summed E-state index contributed by atoms with van der Waals surface area (Å²) < 4.78 is 2.50. The van der Waals surface area contributed by atoms with Gasteiger partial charge in [-0.15, -0.1) is 0 Å². The smallest absolute Gasteiger partial charge is 0.229 e. The number of thiazole rings is 1. The van der Waals surface area contributed by atoms with Crippen LogP contribution in [0.1, 0.15) is 10.4 Å². The lowest BCUT2D eigenvalue weighted by Crippen LogP contribution is -2.06. The predicted molar refractivity (Wildman–Crippen MR) is 85.1 cm³/mol. The minimum Gasteiger partial charge on any atom is -0.492 e. The summed E-state index contributed by atoms with van der Waals surface area (Å²) in [6, 6.07) is 5.87. The highest BCUT2D eigenvalue weighted by Crippen LogP contribution is 2.36. The molecule has 2 heterocycles. The van der Waals surface area contributed by atoms with E-state index in [0.717, 1.165) is 26.0 Å². The van der Waals surface area contributed by atoms with E-state index < -0.39 is 0 Å². The van der Waals surface area contributed by atoms with Gasteiger partial charge in [0, 0.05) is 21.8 Å². The van der Waals surface area contributed by atoms with Crippen LogP contribution >= 0.6 is 39.5 Å². The van der Waals surface area contributed by atoms with Crippen LogP contribution in [0.2, 0.25) is 0 Å². The van der Waals surface area contributed by atoms with Crippen molar-refractivity contribution < 1.29 is 5.11 Å². The van der Waals surface area contributed by atoms with Crippen LogP contribution in [0.4, 0.5) is 5.69 Å². The number of hydrogen-bond donors (Lipinski definition) is 2. The molecule has 3 N–H and O–H groups in total. The average Bonchev–Trinajstić information content (AvgIpc) is 2.88. The largest absolute Gasteiger partial charge is 0.492 e. The molecule has 0 saturated carbocycles. The minimum absolute atomic E-state index is 0.0284. The fourth-order valence-corrected chi connectivity index (χ4v) is 3.27. The van der Waals surface area contributed by atoms with Crippen LogP contribution in [0.5, 0.6) is 5.88 Å². The maximum absolute atomic E-state index is 9.86. The number of nitrogens with two attached hydrogens (primary N) is 1. The molecule has 0 radical (unpaired) electrons. The third kappa shape index (κ3) is 2.13. The summed E-state index contributed by atoms with van der Waals surface area (Å²) in [7, 11) is 0. The first-order valence-corrected chi connectivity index (χ1v) is 7.33. The number of rotatable bonds is 1. The summed E-state index contributed by atoms with van der Waals surface area (Å²) in [6.45, 7) is 0. The molecule has 0 amide bonds. The van der Waals surface area contributed by atoms with Gasteiger partial charge in [-0.2, -0.15) is 0 Å². The standard InChI is InChI=1S/C12H8BrN3OS2/c13-7-1-2-9-8(4-7)6(5-15-9)3-10-11(17)16(14)12(18)19-10/h1-5,17H,14H2. The van der Waals surface area contributed by atoms with Crippen molar-refractivity contribution in [2.75, 3.05) is 5.84 Å². The predicted octanol–water partition coefficient (Wildman–Crippen LogP) is 3.72. The van der Waals surface area contributed by atoms with E-state index in [9.17, 15) is 5.11 Å². The number of nitrogens with zero attached hydrogens (tertiary/aromatic N) is 2. The van der Waals surface area contributed by atoms with E-state index in [1.807, 2.05) is 24.3 Å². The van der Waals surface area contributed by atoms with Gasteiger partial charge >= 0.3 is 0 Å². The monoisotopic (exact) mass is 353 g/mol. The molecule has 4 nitrogen and oxygen atoms in total. The van der Waals surface area contributed by atoms with Crippen LogP contribution < -0.4 is 5.84 Å². The topological polar surface area (TPSA) is 63.5 Å². The van der Waals surface area contributed by atoms with Gasteiger partial charge in [0.25, 0.3) is 0 Å². The first-order valence-electron chi connectivity index (χ1n) is 5.32. The van der Waals surface area contributed by atoms with Crippen molar-refractivity contribution in [2.45, 2.75) is 0 Å². The fraction of sp³-hybridized carbons (Fsp3) is 0. The Kier molecular flexibility index (Phi) is 3.04. The van der Waals surface area contributed by atoms with E-state index in [-0.39, 0.29) is 5.88 Å². The SMILES string of the molecule is Nn1c(O)c(C=C2C=Nc3ccc(Br)cc32)sc1=S. The maximum atomic E-state index is 9.86. The molecule has 1 aliphatic heterocycles. The molecule has 0 atom stereocenters. The van der Waals surface area contributed by atoms with Crippen molar-refractivity contribution in [3.63, 3.8) is 0 Å². The molecule has 0 bridgehead atoms. The van der Waals surface area contributed by atoms with Crippen molar-refractivity contribution in [3.8, 4) is 5.88 Å². The quantitative estimate of drug-likeness (QED) is 0.606. The molecule has 3 rings (SSSR count). The summed E-state index contributed by atoms with van der Waals surface area (Å²) >= 11 is 9.72. The minimum atomic E-state index is -0.0284. The molecular formula is C12H8BrN3OS2. The van der Waals surface area contributed by atoms with Gasteiger partial charge in [-0.3, -0.25) is 4.99 Å². The van der Waals surface area contributed by atoms with E-state index in [2.05, 4.69) is 20.9 Å². The first kappa shape index (κ1) is 12.6. The molecule has 1 aromatic carbocycles. The van der Waals surface area contributed by atoms with E-state index in [0.29, 0.717) is 8.83 Å². The number of halogens is 1. The Bertz CT molecular complexity index is 789. The summed E-state index contributed by atoms with van der Waals surface area (Å²) in [5, 5.41) is 9.86. The van der Waals surface area contributed by atoms with E-state index in [1.54, 1.807) is 6.21 Å². The molecule has 0 unspecified atom stereocenters. The van der Waals surface area contributed by atoms with Gasteiger partial charge in [0.05, 0.1) is 10.6 Å². The van der Waals surface area contributed by atoms with Gasteiger partial charge in [-0.1, -0.05) is 27.3 Å². The number of benzene rings is 1. The molecule has 0 saturated heterocycles. The second-order valence-electron chi connectivity index (χ2n) is 3.95. The second kappa shape index (κ2) is 4.59. The van der Waals surface area contributed by atoms with Crippen molar-refractivity contribution >= 4 is 63.0 Å². The molecule has 96 valence electrons. The highest BCUT2D eigenvalue weighted by atomic mass is 79.9. The van der Waals surface area contributed by atoms with Gasteiger partial charge in [-0.05, 0) is 36.5 Å². The van der Waals surface area contributed by atoms with Gasteiger partial charge in [0.15, 0.2) is 3.95 Å². The van der Waals surface area contributed by atoms with Crippen molar-refractivity contribution in [2.24, 2.45) is 4.99 Å². The van der Waals surface area contributed by atoms with Gasteiger partial charge < -0.3 is 10.9 Å². The Morgan fingerprint density at radius 2 is 2.26 bits per heavy atom. The van der Waals surface area contributed by atoms with Crippen LogP contribution in [0, 0.1) is 3.95 Å². The Balaban J connectivity index is 2.13. The number of aromatic hydroxyl groups is 1. The Hall–Kier alpha value is -1.44. The fourth-order valence-electron chi connectivity index (χ4n) is 1.81. The summed E-state index contributed by atoms with van der Waals surface area (Å²) in [6.07, 6.45) is 3.60. The second-order valence-corrected chi connectivity index (χ2v) is 6.54. The first-order chi connectivity index (χ1) is 9.06. The summed E-state index contributed by atoms with van der Waals surface area (Å²) in [5.74, 6) is 5.57. The van der Waals surface area contributed by atoms with Crippen LogP contribution in [-0.4, -0.2) is 16.0 Å². The van der Waals surface area contributed by atoms with Crippen LogP contribution in [0.15, 0.2) is 27.7 Å².